The Morgan fingerprint density at radius 3 is 2.04 bits per heavy atom. The molecule has 1 fully saturated rings. The summed E-state index contributed by atoms with van der Waals surface area (Å²) in [4.78, 5) is 28.6. The lowest BCUT2D eigenvalue weighted by atomic mass is 10.1. The molecule has 2 heterocycles. The Kier molecular flexibility index (Phi) is 5.19. The molecule has 2 amide bonds. The quantitative estimate of drug-likeness (QED) is 0.921. The van der Waals surface area contributed by atoms with Crippen molar-refractivity contribution in [2.24, 2.45) is 5.73 Å². The standard InChI is InChI=1S/C19H23N3O3/c1-2-14-3-5-15(6-4-14)18(23)21-7-9-22(10-8-21)19(24)16-11-17(12-20)25-13-16/h3-6,11,13H,2,7-10,12,20H2,1H3. The Morgan fingerprint density at radius 2 is 1.56 bits per heavy atom. The van der Waals surface area contributed by atoms with Crippen LogP contribution in [-0.4, -0.2) is 47.8 Å². The minimum Gasteiger partial charge on any atom is -0.467 e. The fraction of sp³-hybridized carbons (Fsp3) is 0.368. The second kappa shape index (κ2) is 7.53. The molecule has 132 valence electrons. The number of amides is 2. The number of nitrogens with two attached hydrogens (primary N) is 1. The molecule has 1 aliphatic rings. The summed E-state index contributed by atoms with van der Waals surface area (Å²) >= 11 is 0. The number of hydrogen-bond donors (Lipinski definition) is 1. The maximum atomic E-state index is 12.6. The molecule has 1 saturated heterocycles. The summed E-state index contributed by atoms with van der Waals surface area (Å²) in [6, 6.07) is 9.40. The van der Waals surface area contributed by atoms with Crippen LogP contribution in [0.1, 0.15) is 39.0 Å². The highest BCUT2D eigenvalue weighted by Gasteiger charge is 2.26. The Balaban J connectivity index is 1.59. The van der Waals surface area contributed by atoms with Gasteiger partial charge < -0.3 is 20.0 Å². The van der Waals surface area contributed by atoms with E-state index < -0.39 is 0 Å². The highest BCUT2D eigenvalue weighted by atomic mass is 16.3. The van der Waals surface area contributed by atoms with Gasteiger partial charge in [0.1, 0.15) is 12.0 Å². The van der Waals surface area contributed by atoms with Crippen LogP contribution in [0, 0.1) is 0 Å². The Morgan fingerprint density at radius 1 is 1.00 bits per heavy atom. The van der Waals surface area contributed by atoms with Gasteiger partial charge in [0.2, 0.25) is 0 Å². The summed E-state index contributed by atoms with van der Waals surface area (Å²) in [5, 5.41) is 0. The Bertz CT molecular complexity index is 744. The SMILES string of the molecule is CCc1ccc(C(=O)N2CCN(C(=O)c3coc(CN)c3)CC2)cc1. The predicted octanol–water partition coefficient (Wildman–Crippen LogP) is 1.90. The summed E-state index contributed by atoms with van der Waals surface area (Å²) in [6.45, 7) is 4.45. The minimum absolute atomic E-state index is 0.0171. The lowest BCUT2D eigenvalue weighted by Gasteiger charge is -2.34. The minimum atomic E-state index is -0.0807. The zero-order chi connectivity index (χ0) is 17.8. The molecule has 0 bridgehead atoms. The van der Waals surface area contributed by atoms with Gasteiger partial charge in [0.15, 0.2) is 0 Å². The largest absolute Gasteiger partial charge is 0.467 e. The fourth-order valence-electron chi connectivity index (χ4n) is 2.96. The first-order valence-corrected chi connectivity index (χ1v) is 8.57. The lowest BCUT2D eigenvalue weighted by Crippen LogP contribution is -2.50. The monoisotopic (exact) mass is 341 g/mol. The van der Waals surface area contributed by atoms with E-state index in [2.05, 4.69) is 6.92 Å². The molecule has 2 N–H and O–H groups in total. The van der Waals surface area contributed by atoms with Gasteiger partial charge >= 0.3 is 0 Å². The summed E-state index contributed by atoms with van der Waals surface area (Å²) in [5.74, 6) is 0.527. The zero-order valence-corrected chi connectivity index (χ0v) is 14.4. The first kappa shape index (κ1) is 17.2. The van der Waals surface area contributed by atoms with Crippen molar-refractivity contribution < 1.29 is 14.0 Å². The van der Waals surface area contributed by atoms with E-state index in [-0.39, 0.29) is 18.4 Å². The first-order chi connectivity index (χ1) is 12.1. The third-order valence-electron chi connectivity index (χ3n) is 4.57. The van der Waals surface area contributed by atoms with E-state index in [0.717, 1.165) is 6.42 Å². The molecule has 6 heteroatoms. The van der Waals surface area contributed by atoms with Crippen molar-refractivity contribution >= 4 is 11.8 Å². The second-order valence-electron chi connectivity index (χ2n) is 6.14. The van der Waals surface area contributed by atoms with E-state index in [9.17, 15) is 9.59 Å². The van der Waals surface area contributed by atoms with Crippen LogP contribution in [0.4, 0.5) is 0 Å². The van der Waals surface area contributed by atoms with Gasteiger partial charge in [-0.2, -0.15) is 0 Å². The number of benzene rings is 1. The van der Waals surface area contributed by atoms with Crippen LogP contribution in [0.15, 0.2) is 41.0 Å². The van der Waals surface area contributed by atoms with E-state index in [1.54, 1.807) is 15.9 Å². The van der Waals surface area contributed by atoms with Crippen molar-refractivity contribution in [2.45, 2.75) is 19.9 Å². The number of nitrogens with zero attached hydrogens (tertiary/aromatic N) is 2. The van der Waals surface area contributed by atoms with Crippen molar-refractivity contribution in [3.05, 3.63) is 59.0 Å². The lowest BCUT2D eigenvalue weighted by molar-refractivity contribution is 0.0535. The van der Waals surface area contributed by atoms with Gasteiger partial charge in [0, 0.05) is 31.7 Å². The molecule has 0 aliphatic carbocycles. The van der Waals surface area contributed by atoms with Gasteiger partial charge in [-0.3, -0.25) is 9.59 Å². The maximum Gasteiger partial charge on any atom is 0.257 e. The third kappa shape index (κ3) is 3.74. The number of rotatable bonds is 4. The van der Waals surface area contributed by atoms with Gasteiger partial charge in [0.25, 0.3) is 11.8 Å². The molecular weight excluding hydrogens is 318 g/mol. The maximum absolute atomic E-state index is 12.6. The molecule has 0 atom stereocenters. The summed E-state index contributed by atoms with van der Waals surface area (Å²) in [6.07, 6.45) is 2.40. The molecule has 0 saturated carbocycles. The smallest absolute Gasteiger partial charge is 0.257 e. The highest BCUT2D eigenvalue weighted by molar-refractivity contribution is 5.96. The molecule has 0 radical (unpaired) electrons. The van der Waals surface area contributed by atoms with Crippen LogP contribution >= 0.6 is 0 Å². The third-order valence-corrected chi connectivity index (χ3v) is 4.57. The highest BCUT2D eigenvalue weighted by Crippen LogP contribution is 2.14. The van der Waals surface area contributed by atoms with Gasteiger partial charge in [-0.05, 0) is 30.2 Å². The van der Waals surface area contributed by atoms with Gasteiger partial charge in [-0.25, -0.2) is 0 Å². The van der Waals surface area contributed by atoms with Gasteiger partial charge in [-0.1, -0.05) is 19.1 Å². The van der Waals surface area contributed by atoms with Crippen molar-refractivity contribution in [3.8, 4) is 0 Å². The van der Waals surface area contributed by atoms with Crippen LogP contribution in [0.3, 0.4) is 0 Å². The topological polar surface area (TPSA) is 79.8 Å². The molecule has 1 aliphatic heterocycles. The summed E-state index contributed by atoms with van der Waals surface area (Å²) in [5.41, 5.74) is 7.92. The molecule has 0 spiro atoms. The van der Waals surface area contributed by atoms with E-state index >= 15 is 0 Å². The van der Waals surface area contributed by atoms with E-state index in [1.807, 2.05) is 24.3 Å². The predicted molar refractivity (Wildman–Crippen MR) is 94.2 cm³/mol. The van der Waals surface area contributed by atoms with Crippen molar-refractivity contribution in [2.75, 3.05) is 26.2 Å². The summed E-state index contributed by atoms with van der Waals surface area (Å²) < 4.78 is 5.22. The van der Waals surface area contributed by atoms with Gasteiger partial charge in [-0.15, -0.1) is 0 Å². The van der Waals surface area contributed by atoms with E-state index in [1.165, 1.54) is 11.8 Å². The molecule has 25 heavy (non-hydrogen) atoms. The van der Waals surface area contributed by atoms with Gasteiger partial charge in [0.05, 0.1) is 12.1 Å². The summed E-state index contributed by atoms with van der Waals surface area (Å²) in [7, 11) is 0. The zero-order valence-electron chi connectivity index (χ0n) is 14.4. The fourth-order valence-corrected chi connectivity index (χ4v) is 2.96. The van der Waals surface area contributed by atoms with Crippen molar-refractivity contribution in [3.63, 3.8) is 0 Å². The average molecular weight is 341 g/mol. The first-order valence-electron chi connectivity index (χ1n) is 8.57. The number of carbonyl (C=O) groups excluding carboxylic acids is 2. The van der Waals surface area contributed by atoms with E-state index in [0.29, 0.717) is 43.1 Å². The van der Waals surface area contributed by atoms with Crippen molar-refractivity contribution in [1.29, 1.82) is 0 Å². The average Bonchev–Trinajstić information content (AvgIpc) is 3.16. The second-order valence-corrected chi connectivity index (χ2v) is 6.14. The Labute approximate surface area is 147 Å². The molecule has 0 unspecified atom stereocenters. The number of piperazine rings is 1. The van der Waals surface area contributed by atoms with Crippen molar-refractivity contribution in [1.82, 2.24) is 9.80 Å². The van der Waals surface area contributed by atoms with Crippen LogP contribution in [0.25, 0.3) is 0 Å². The number of carbonyl (C=O) groups is 2. The number of aryl methyl sites for hydroxylation is 1. The molecule has 6 nitrogen and oxygen atoms in total. The number of hydrogen-bond acceptors (Lipinski definition) is 4. The number of furan rings is 1. The van der Waals surface area contributed by atoms with E-state index in [4.69, 9.17) is 10.2 Å². The molecule has 2 aromatic rings. The Hall–Kier alpha value is -2.60. The molecule has 1 aromatic heterocycles. The van der Waals surface area contributed by atoms with Crippen LogP contribution in [0.2, 0.25) is 0 Å². The molecule has 1 aromatic carbocycles. The van der Waals surface area contributed by atoms with Crippen LogP contribution < -0.4 is 5.73 Å². The molecule has 3 rings (SSSR count). The van der Waals surface area contributed by atoms with Crippen LogP contribution in [-0.2, 0) is 13.0 Å². The normalized spacial score (nSPS) is 14.6. The van der Waals surface area contributed by atoms with Crippen LogP contribution in [0.5, 0.6) is 0 Å². The molecular formula is C19H23N3O3.